The third-order valence-corrected chi connectivity index (χ3v) is 6.13. The largest absolute Gasteiger partial charge is 0.573 e. The van der Waals surface area contributed by atoms with Gasteiger partial charge in [0.05, 0.1) is 0 Å². The Morgan fingerprint density at radius 3 is 2.43 bits per heavy atom. The zero-order valence-electron chi connectivity index (χ0n) is 16.8. The molecule has 4 rings (SSSR count). The van der Waals surface area contributed by atoms with E-state index in [1.54, 1.807) is 18.2 Å². The summed E-state index contributed by atoms with van der Waals surface area (Å²) >= 11 is 0. The highest BCUT2D eigenvalue weighted by molar-refractivity contribution is 5.88. The average molecular weight is 416 g/mol. The van der Waals surface area contributed by atoms with Gasteiger partial charge in [-0.2, -0.15) is 0 Å². The first-order valence-corrected chi connectivity index (χ1v) is 10.4. The van der Waals surface area contributed by atoms with Crippen molar-refractivity contribution in [1.82, 2.24) is 0 Å². The van der Waals surface area contributed by atoms with Gasteiger partial charge in [0.2, 0.25) is 0 Å². The van der Waals surface area contributed by atoms with Crippen LogP contribution >= 0.6 is 0 Å². The van der Waals surface area contributed by atoms with Gasteiger partial charge in [-0.3, -0.25) is 0 Å². The van der Waals surface area contributed by atoms with Crippen molar-refractivity contribution in [2.75, 3.05) is 0 Å². The average Bonchev–Trinajstić information content (AvgIpc) is 2.71. The molecule has 3 aromatic rings. The second kappa shape index (κ2) is 8.29. The Labute approximate surface area is 173 Å². The maximum absolute atomic E-state index is 14.3. The van der Waals surface area contributed by atoms with E-state index in [0.29, 0.717) is 11.3 Å². The van der Waals surface area contributed by atoms with E-state index >= 15 is 0 Å². The van der Waals surface area contributed by atoms with Crippen molar-refractivity contribution in [2.45, 2.75) is 51.3 Å². The smallest absolute Gasteiger partial charge is 0.406 e. The van der Waals surface area contributed by atoms with E-state index in [9.17, 15) is 17.6 Å². The molecule has 0 saturated carbocycles. The second-order valence-electron chi connectivity index (χ2n) is 8.00. The number of hydrogen-bond acceptors (Lipinski definition) is 1. The summed E-state index contributed by atoms with van der Waals surface area (Å²) < 4.78 is 55.9. The fraction of sp³-hybridized carbons (Fsp3) is 0.360. The van der Waals surface area contributed by atoms with Crippen LogP contribution in [0.25, 0.3) is 10.8 Å². The second-order valence-corrected chi connectivity index (χ2v) is 8.00. The molecule has 5 heteroatoms. The van der Waals surface area contributed by atoms with E-state index in [1.165, 1.54) is 18.2 Å². The normalized spacial score (nSPS) is 19.0. The van der Waals surface area contributed by atoms with Gasteiger partial charge in [0.25, 0.3) is 0 Å². The van der Waals surface area contributed by atoms with Crippen molar-refractivity contribution in [1.29, 1.82) is 0 Å². The van der Waals surface area contributed by atoms with Gasteiger partial charge in [0.15, 0.2) is 0 Å². The highest BCUT2D eigenvalue weighted by Gasteiger charge is 2.33. The Morgan fingerprint density at radius 2 is 1.73 bits per heavy atom. The lowest BCUT2D eigenvalue weighted by Gasteiger charge is -2.35. The third-order valence-electron chi connectivity index (χ3n) is 6.13. The summed E-state index contributed by atoms with van der Waals surface area (Å²) in [6.07, 6.45) is 0.421. The molecule has 0 unspecified atom stereocenters. The molecule has 2 atom stereocenters. The number of benzene rings is 3. The lowest BCUT2D eigenvalue weighted by molar-refractivity contribution is -0.274. The molecule has 158 valence electrons. The molecule has 1 nitrogen and oxygen atoms in total. The molecule has 0 fully saturated rings. The van der Waals surface area contributed by atoms with E-state index in [2.05, 4.69) is 11.7 Å². The fourth-order valence-electron chi connectivity index (χ4n) is 4.83. The van der Waals surface area contributed by atoms with Gasteiger partial charge < -0.3 is 4.74 Å². The van der Waals surface area contributed by atoms with Crippen LogP contribution in [0.15, 0.2) is 54.6 Å². The molecule has 0 amide bonds. The van der Waals surface area contributed by atoms with Crippen LogP contribution in [0.5, 0.6) is 5.75 Å². The monoisotopic (exact) mass is 416 g/mol. The first kappa shape index (κ1) is 20.7. The molecule has 0 aliphatic heterocycles. The van der Waals surface area contributed by atoms with E-state index < -0.39 is 6.36 Å². The molecule has 30 heavy (non-hydrogen) atoms. The fourth-order valence-corrected chi connectivity index (χ4v) is 4.83. The van der Waals surface area contributed by atoms with Gasteiger partial charge in [-0.1, -0.05) is 56.2 Å². The molecule has 0 spiro atoms. The zero-order valence-corrected chi connectivity index (χ0v) is 16.8. The number of fused-ring (bicyclic) bond motifs is 3. The number of ether oxygens (including phenoxy) is 1. The highest BCUT2D eigenvalue weighted by atomic mass is 19.4. The maximum Gasteiger partial charge on any atom is 0.573 e. The summed E-state index contributed by atoms with van der Waals surface area (Å²) in [7, 11) is 0. The van der Waals surface area contributed by atoms with Gasteiger partial charge in [-0.15, -0.1) is 13.2 Å². The first-order valence-electron chi connectivity index (χ1n) is 10.4. The summed E-state index contributed by atoms with van der Waals surface area (Å²) in [5.41, 5.74) is 3.28. The topological polar surface area (TPSA) is 9.23 Å². The number of hydrogen-bond donors (Lipinski definition) is 0. The van der Waals surface area contributed by atoms with Crippen LogP contribution in [0.4, 0.5) is 17.6 Å². The number of rotatable bonds is 5. The molecule has 3 aromatic carbocycles. The Hall–Kier alpha value is -2.56. The Balaban J connectivity index is 1.77. The molecule has 1 aliphatic rings. The van der Waals surface area contributed by atoms with Crippen molar-refractivity contribution in [2.24, 2.45) is 5.92 Å². The minimum absolute atomic E-state index is 0.0768. The SMILES string of the molecule is CCCC[C@@H]1CCc2c(ccc3c(F)cccc23)[C@H]1c1ccc(OC(F)(F)F)cc1. The van der Waals surface area contributed by atoms with E-state index in [-0.39, 0.29) is 17.5 Å². The predicted octanol–water partition coefficient (Wildman–Crippen LogP) is 7.76. The van der Waals surface area contributed by atoms with Crippen LogP contribution < -0.4 is 4.74 Å². The summed E-state index contributed by atoms with van der Waals surface area (Å²) in [4.78, 5) is 0. The van der Waals surface area contributed by atoms with Gasteiger partial charge in [0.1, 0.15) is 11.6 Å². The van der Waals surface area contributed by atoms with Gasteiger partial charge in [-0.25, -0.2) is 4.39 Å². The summed E-state index contributed by atoms with van der Waals surface area (Å²) in [6.45, 7) is 2.16. The number of halogens is 4. The van der Waals surface area contributed by atoms with Crippen molar-refractivity contribution in [3.8, 4) is 5.75 Å². The highest BCUT2D eigenvalue weighted by Crippen LogP contribution is 2.45. The summed E-state index contributed by atoms with van der Waals surface area (Å²) in [6, 6.07) is 15.2. The summed E-state index contributed by atoms with van der Waals surface area (Å²) in [5, 5.41) is 1.55. The van der Waals surface area contributed by atoms with Crippen molar-refractivity contribution in [3.05, 3.63) is 77.1 Å². The quantitative estimate of drug-likeness (QED) is 0.386. The van der Waals surface area contributed by atoms with Crippen LogP contribution in [0.3, 0.4) is 0 Å². The maximum atomic E-state index is 14.3. The van der Waals surface area contributed by atoms with Gasteiger partial charge in [-0.05, 0) is 65.5 Å². The molecular formula is C25H24F4O. The molecule has 0 radical (unpaired) electrons. The first-order chi connectivity index (χ1) is 14.4. The van der Waals surface area contributed by atoms with E-state index in [1.807, 2.05) is 18.2 Å². The molecule has 0 bridgehead atoms. The van der Waals surface area contributed by atoms with E-state index in [0.717, 1.165) is 54.2 Å². The molecule has 0 saturated heterocycles. The van der Waals surface area contributed by atoms with Gasteiger partial charge >= 0.3 is 6.36 Å². The minimum atomic E-state index is -4.70. The van der Waals surface area contributed by atoms with Crippen molar-refractivity contribution in [3.63, 3.8) is 0 Å². The molecule has 0 N–H and O–H groups in total. The van der Waals surface area contributed by atoms with Crippen LogP contribution in [0.2, 0.25) is 0 Å². The molecular weight excluding hydrogens is 392 g/mol. The Kier molecular flexibility index (Phi) is 5.72. The standard InChI is InChI=1S/C25H24F4O/c1-2-3-5-16-10-13-20-19-6-4-7-23(26)21(19)14-15-22(20)24(16)17-8-11-18(12-9-17)30-25(27,28)29/h4,6-9,11-12,14-16,24H,2-3,5,10,13H2,1H3/t16-,24-/m1/s1. The van der Waals surface area contributed by atoms with Crippen LogP contribution in [-0.4, -0.2) is 6.36 Å². The zero-order chi connectivity index (χ0) is 21.3. The molecule has 0 heterocycles. The number of aryl methyl sites for hydroxylation is 1. The lowest BCUT2D eigenvalue weighted by Crippen LogP contribution is -2.22. The van der Waals surface area contributed by atoms with Crippen LogP contribution in [0, 0.1) is 11.7 Å². The van der Waals surface area contributed by atoms with Crippen molar-refractivity contribution < 1.29 is 22.3 Å². The van der Waals surface area contributed by atoms with Crippen LogP contribution in [-0.2, 0) is 6.42 Å². The van der Waals surface area contributed by atoms with Gasteiger partial charge in [0, 0.05) is 11.3 Å². The third kappa shape index (κ3) is 4.16. The lowest BCUT2D eigenvalue weighted by atomic mass is 9.69. The Bertz CT molecular complexity index is 1020. The minimum Gasteiger partial charge on any atom is -0.406 e. The number of alkyl halides is 3. The predicted molar refractivity (Wildman–Crippen MR) is 110 cm³/mol. The molecule has 0 aromatic heterocycles. The molecule has 1 aliphatic carbocycles. The van der Waals surface area contributed by atoms with Crippen LogP contribution in [0.1, 0.15) is 55.2 Å². The summed E-state index contributed by atoms with van der Waals surface area (Å²) in [5.74, 6) is 0.0346. The van der Waals surface area contributed by atoms with E-state index in [4.69, 9.17) is 0 Å². The number of unbranched alkanes of at least 4 members (excludes halogenated alkanes) is 1. The van der Waals surface area contributed by atoms with Crippen molar-refractivity contribution >= 4 is 10.8 Å². The Morgan fingerprint density at radius 1 is 0.967 bits per heavy atom.